The molecule has 0 amide bonds. The molecule has 1 heterocycles. The largest absolute Gasteiger partial charge is 0.383 e. The van der Waals surface area contributed by atoms with E-state index in [1.165, 1.54) is 17.8 Å². The summed E-state index contributed by atoms with van der Waals surface area (Å²) in [5.41, 5.74) is 10.9. The van der Waals surface area contributed by atoms with Crippen molar-refractivity contribution in [2.24, 2.45) is 0 Å². The van der Waals surface area contributed by atoms with Crippen LogP contribution in [0.25, 0.3) is 0 Å². The summed E-state index contributed by atoms with van der Waals surface area (Å²) in [7, 11) is 0. The molecule has 1 aromatic heterocycles. The van der Waals surface area contributed by atoms with Gasteiger partial charge in [0.1, 0.15) is 11.6 Å². The molecule has 0 bridgehead atoms. The Labute approximate surface area is 75.1 Å². The molecule has 1 aromatic rings. The van der Waals surface area contributed by atoms with Gasteiger partial charge >= 0.3 is 0 Å². The van der Waals surface area contributed by atoms with Gasteiger partial charge in [-0.3, -0.25) is 0 Å². The Balaban J connectivity index is 2.78. The van der Waals surface area contributed by atoms with Gasteiger partial charge in [-0.25, -0.2) is 9.97 Å². The Morgan fingerprint density at radius 1 is 1.42 bits per heavy atom. The van der Waals surface area contributed by atoms with Crippen LogP contribution in [0.2, 0.25) is 0 Å². The molecule has 0 radical (unpaired) electrons. The second kappa shape index (κ2) is 3.96. The van der Waals surface area contributed by atoms with Gasteiger partial charge in [-0.1, -0.05) is 17.8 Å². The third kappa shape index (κ3) is 2.43. The normalized spacial score (nSPS) is 9.67. The Bertz CT molecular complexity index is 266. The van der Waals surface area contributed by atoms with Crippen molar-refractivity contribution in [3.63, 3.8) is 0 Å². The van der Waals surface area contributed by atoms with Crippen LogP contribution >= 0.6 is 11.8 Å². The predicted molar refractivity (Wildman–Crippen MR) is 51.8 cm³/mol. The first-order valence-electron chi connectivity index (χ1n) is 3.36. The number of nitrogen functional groups attached to an aromatic ring is 2. The molecule has 0 aliphatic heterocycles. The van der Waals surface area contributed by atoms with Crippen molar-refractivity contribution in [2.45, 2.75) is 5.16 Å². The third-order valence-corrected chi connectivity index (χ3v) is 1.92. The minimum atomic E-state index is 0.397. The van der Waals surface area contributed by atoms with Crippen LogP contribution in [-0.2, 0) is 0 Å². The maximum atomic E-state index is 5.46. The summed E-state index contributed by atoms with van der Waals surface area (Å²) in [4.78, 5) is 7.95. The quantitative estimate of drug-likeness (QED) is 0.413. The molecule has 1 rings (SSSR count). The number of hydrogen-bond donors (Lipinski definition) is 2. The fourth-order valence-electron chi connectivity index (χ4n) is 0.660. The van der Waals surface area contributed by atoms with E-state index in [0.717, 1.165) is 5.75 Å². The van der Waals surface area contributed by atoms with Crippen LogP contribution in [0.3, 0.4) is 0 Å². The Hall–Kier alpha value is -1.23. The lowest BCUT2D eigenvalue weighted by molar-refractivity contribution is 0.987. The number of thioether (sulfide) groups is 1. The standard InChI is InChI=1S/C7H10N4S/c1-2-3-12-7-10-5(8)4-6(9)11-7/h2,4H,1,3H2,(H4,8,9,10,11). The molecule has 5 heteroatoms. The zero-order valence-corrected chi connectivity index (χ0v) is 7.34. The van der Waals surface area contributed by atoms with E-state index < -0.39 is 0 Å². The maximum Gasteiger partial charge on any atom is 0.191 e. The first-order chi connectivity index (χ1) is 5.72. The second-order valence-electron chi connectivity index (χ2n) is 2.10. The minimum Gasteiger partial charge on any atom is -0.383 e. The van der Waals surface area contributed by atoms with Gasteiger partial charge < -0.3 is 11.5 Å². The third-order valence-electron chi connectivity index (χ3n) is 1.08. The monoisotopic (exact) mass is 182 g/mol. The first-order valence-corrected chi connectivity index (χ1v) is 4.34. The van der Waals surface area contributed by atoms with Gasteiger partial charge in [-0.15, -0.1) is 6.58 Å². The van der Waals surface area contributed by atoms with Crippen molar-refractivity contribution in [3.8, 4) is 0 Å². The topological polar surface area (TPSA) is 77.8 Å². The van der Waals surface area contributed by atoms with E-state index in [-0.39, 0.29) is 0 Å². The lowest BCUT2D eigenvalue weighted by Crippen LogP contribution is -1.99. The second-order valence-corrected chi connectivity index (χ2v) is 3.09. The summed E-state index contributed by atoms with van der Waals surface area (Å²) in [5.74, 6) is 1.55. The van der Waals surface area contributed by atoms with Crippen LogP contribution < -0.4 is 11.5 Å². The van der Waals surface area contributed by atoms with Gasteiger partial charge in [-0.2, -0.15) is 0 Å². The minimum absolute atomic E-state index is 0.397. The maximum absolute atomic E-state index is 5.46. The molecule has 0 fully saturated rings. The molecular weight excluding hydrogens is 172 g/mol. The molecule has 0 saturated heterocycles. The lowest BCUT2D eigenvalue weighted by Gasteiger charge is -1.99. The van der Waals surface area contributed by atoms with Crippen molar-refractivity contribution in [2.75, 3.05) is 17.2 Å². The van der Waals surface area contributed by atoms with Gasteiger partial charge in [-0.05, 0) is 0 Å². The van der Waals surface area contributed by atoms with E-state index in [1.807, 2.05) is 0 Å². The number of aromatic nitrogens is 2. The lowest BCUT2D eigenvalue weighted by atomic mass is 10.5. The number of hydrogen-bond acceptors (Lipinski definition) is 5. The zero-order chi connectivity index (χ0) is 8.97. The van der Waals surface area contributed by atoms with Crippen molar-refractivity contribution in [1.82, 2.24) is 9.97 Å². The summed E-state index contributed by atoms with van der Waals surface area (Å²) in [6.45, 7) is 3.58. The summed E-state index contributed by atoms with van der Waals surface area (Å²) < 4.78 is 0. The molecule has 0 atom stereocenters. The number of nitrogens with two attached hydrogens (primary N) is 2. The van der Waals surface area contributed by atoms with Gasteiger partial charge in [0.15, 0.2) is 5.16 Å². The highest BCUT2D eigenvalue weighted by atomic mass is 32.2. The molecule has 0 aliphatic rings. The first kappa shape index (κ1) is 8.86. The highest BCUT2D eigenvalue weighted by Gasteiger charge is 1.98. The molecule has 64 valence electrons. The van der Waals surface area contributed by atoms with E-state index in [4.69, 9.17) is 11.5 Å². The Morgan fingerprint density at radius 3 is 2.50 bits per heavy atom. The smallest absolute Gasteiger partial charge is 0.191 e. The molecule has 0 unspecified atom stereocenters. The Morgan fingerprint density at radius 2 is 2.00 bits per heavy atom. The van der Waals surface area contributed by atoms with E-state index in [1.54, 1.807) is 6.08 Å². The molecule has 12 heavy (non-hydrogen) atoms. The van der Waals surface area contributed by atoms with Crippen LogP contribution in [0.5, 0.6) is 0 Å². The van der Waals surface area contributed by atoms with Crippen molar-refractivity contribution in [3.05, 3.63) is 18.7 Å². The van der Waals surface area contributed by atoms with Crippen LogP contribution in [0.4, 0.5) is 11.6 Å². The van der Waals surface area contributed by atoms with Crippen molar-refractivity contribution >= 4 is 23.4 Å². The average molecular weight is 182 g/mol. The highest BCUT2D eigenvalue weighted by molar-refractivity contribution is 7.99. The molecule has 4 nitrogen and oxygen atoms in total. The molecule has 0 aromatic carbocycles. The number of nitrogens with zero attached hydrogens (tertiary/aromatic N) is 2. The van der Waals surface area contributed by atoms with E-state index in [2.05, 4.69) is 16.5 Å². The number of rotatable bonds is 3. The summed E-state index contributed by atoms with van der Waals surface area (Å²) in [6, 6.07) is 1.53. The SMILES string of the molecule is C=CCSc1nc(N)cc(N)n1. The van der Waals surface area contributed by atoms with Gasteiger partial charge in [0.2, 0.25) is 0 Å². The summed E-state index contributed by atoms with van der Waals surface area (Å²) in [6.07, 6.45) is 1.77. The predicted octanol–water partition coefficient (Wildman–Crippen LogP) is 0.919. The average Bonchev–Trinajstić information content (AvgIpc) is 1.99. The van der Waals surface area contributed by atoms with Crippen molar-refractivity contribution < 1.29 is 0 Å². The van der Waals surface area contributed by atoms with E-state index >= 15 is 0 Å². The number of anilines is 2. The molecule has 0 saturated carbocycles. The summed E-state index contributed by atoms with van der Waals surface area (Å²) in [5, 5.41) is 0.590. The van der Waals surface area contributed by atoms with E-state index in [9.17, 15) is 0 Å². The molecule has 0 aliphatic carbocycles. The molecule has 4 N–H and O–H groups in total. The van der Waals surface area contributed by atoms with Gasteiger partial charge in [0.05, 0.1) is 0 Å². The summed E-state index contributed by atoms with van der Waals surface area (Å²) >= 11 is 1.45. The molecular formula is C7H10N4S. The fraction of sp³-hybridized carbons (Fsp3) is 0.143. The van der Waals surface area contributed by atoms with Gasteiger partial charge in [0, 0.05) is 11.8 Å². The fourth-order valence-corrected chi connectivity index (χ4v) is 1.27. The Kier molecular flexibility index (Phi) is 2.93. The molecule has 0 spiro atoms. The highest BCUT2D eigenvalue weighted by Crippen LogP contribution is 2.15. The van der Waals surface area contributed by atoms with Crippen LogP contribution in [-0.4, -0.2) is 15.7 Å². The van der Waals surface area contributed by atoms with Crippen LogP contribution in [0.15, 0.2) is 23.9 Å². The zero-order valence-electron chi connectivity index (χ0n) is 6.53. The van der Waals surface area contributed by atoms with E-state index in [0.29, 0.717) is 16.8 Å². The van der Waals surface area contributed by atoms with Crippen LogP contribution in [0, 0.1) is 0 Å². The van der Waals surface area contributed by atoms with Gasteiger partial charge in [0.25, 0.3) is 0 Å². The van der Waals surface area contributed by atoms with Crippen LogP contribution in [0.1, 0.15) is 0 Å². The van der Waals surface area contributed by atoms with Crippen molar-refractivity contribution in [1.29, 1.82) is 0 Å².